The van der Waals surface area contributed by atoms with E-state index in [0.29, 0.717) is 12.1 Å². The summed E-state index contributed by atoms with van der Waals surface area (Å²) in [4.78, 5) is 11.2. The first-order chi connectivity index (χ1) is 9.63. The second-order valence-electron chi connectivity index (χ2n) is 4.67. The van der Waals surface area contributed by atoms with Crippen molar-refractivity contribution in [1.29, 1.82) is 0 Å². The summed E-state index contributed by atoms with van der Waals surface area (Å²) in [5.74, 6) is -0.918. The molecule has 1 aliphatic rings. The number of carbonyl (C=O) groups is 1. The van der Waals surface area contributed by atoms with Crippen LogP contribution in [0.25, 0.3) is 0 Å². The van der Waals surface area contributed by atoms with Gasteiger partial charge in [-0.1, -0.05) is 42.5 Å². The molecule has 104 valence electrons. The lowest BCUT2D eigenvalue weighted by Gasteiger charge is -2.23. The first-order valence-corrected chi connectivity index (χ1v) is 6.58. The standard InChI is InChI=1S/C16H18N2O2/c1-3-7-15(16(19)20)14-10-17-18(11-14)12(2)13-8-5-4-6-9-13/h3-10,12H,11H2,1-2H3,(H,19,20)/b7-3-,15-14+. The van der Waals surface area contributed by atoms with Crippen LogP contribution in [0.4, 0.5) is 0 Å². The first-order valence-electron chi connectivity index (χ1n) is 6.58. The molecule has 1 aromatic rings. The van der Waals surface area contributed by atoms with Crippen LogP contribution in [0.3, 0.4) is 0 Å². The summed E-state index contributed by atoms with van der Waals surface area (Å²) in [5.41, 5.74) is 2.20. The molecule has 0 saturated heterocycles. The van der Waals surface area contributed by atoms with Crippen LogP contribution in [0.1, 0.15) is 25.5 Å². The summed E-state index contributed by atoms with van der Waals surface area (Å²) in [6.45, 7) is 4.38. The predicted octanol–water partition coefficient (Wildman–Crippen LogP) is 3.01. The van der Waals surface area contributed by atoms with E-state index in [9.17, 15) is 9.90 Å². The molecule has 4 nitrogen and oxygen atoms in total. The Kier molecular flexibility index (Phi) is 4.35. The average Bonchev–Trinajstić information content (AvgIpc) is 2.94. The normalized spacial score (nSPS) is 18.6. The van der Waals surface area contributed by atoms with E-state index in [1.54, 1.807) is 25.3 Å². The van der Waals surface area contributed by atoms with Gasteiger partial charge in [0.1, 0.15) is 0 Å². The third-order valence-corrected chi connectivity index (χ3v) is 3.33. The molecule has 0 fully saturated rings. The highest BCUT2D eigenvalue weighted by Crippen LogP contribution is 2.25. The summed E-state index contributed by atoms with van der Waals surface area (Å²) in [6, 6.07) is 10.2. The molecule has 0 amide bonds. The molecule has 1 atom stereocenters. The number of aliphatic carboxylic acids is 1. The van der Waals surface area contributed by atoms with E-state index < -0.39 is 5.97 Å². The lowest BCUT2D eigenvalue weighted by Crippen LogP contribution is -2.20. The summed E-state index contributed by atoms with van der Waals surface area (Å²) in [5, 5.41) is 15.4. The third-order valence-electron chi connectivity index (χ3n) is 3.33. The fourth-order valence-electron chi connectivity index (χ4n) is 2.18. The number of nitrogens with zero attached hydrogens (tertiary/aromatic N) is 2. The predicted molar refractivity (Wildman–Crippen MR) is 79.5 cm³/mol. The second-order valence-corrected chi connectivity index (χ2v) is 4.67. The van der Waals surface area contributed by atoms with Gasteiger partial charge < -0.3 is 5.11 Å². The van der Waals surface area contributed by atoms with Crippen LogP contribution in [0.15, 0.2) is 58.7 Å². The Morgan fingerprint density at radius 1 is 1.40 bits per heavy atom. The maximum atomic E-state index is 11.2. The number of carboxylic acid groups (broad SMARTS) is 1. The van der Waals surface area contributed by atoms with Crippen LogP contribution in [-0.4, -0.2) is 28.8 Å². The lowest BCUT2D eigenvalue weighted by molar-refractivity contribution is -0.132. The number of hydrogen-bond acceptors (Lipinski definition) is 3. The molecule has 4 heteroatoms. The molecule has 1 aliphatic heterocycles. The van der Waals surface area contributed by atoms with Crippen LogP contribution in [0.5, 0.6) is 0 Å². The smallest absolute Gasteiger partial charge is 0.336 e. The largest absolute Gasteiger partial charge is 0.478 e. The number of hydrazone groups is 1. The van der Waals surface area contributed by atoms with Gasteiger partial charge in [0, 0.05) is 5.57 Å². The van der Waals surface area contributed by atoms with E-state index in [-0.39, 0.29) is 6.04 Å². The minimum atomic E-state index is -0.918. The zero-order valence-corrected chi connectivity index (χ0v) is 11.7. The van der Waals surface area contributed by atoms with Gasteiger partial charge in [-0.25, -0.2) is 4.79 Å². The Hall–Kier alpha value is -2.36. The Morgan fingerprint density at radius 2 is 2.10 bits per heavy atom. The van der Waals surface area contributed by atoms with Crippen molar-refractivity contribution in [3.8, 4) is 0 Å². The van der Waals surface area contributed by atoms with E-state index in [1.165, 1.54) is 0 Å². The molecule has 0 aromatic heterocycles. The molecule has 0 bridgehead atoms. The molecular weight excluding hydrogens is 252 g/mol. The van der Waals surface area contributed by atoms with Crippen LogP contribution in [0.2, 0.25) is 0 Å². The summed E-state index contributed by atoms with van der Waals surface area (Å²) < 4.78 is 0. The number of carboxylic acids is 1. The Morgan fingerprint density at radius 3 is 2.70 bits per heavy atom. The monoisotopic (exact) mass is 270 g/mol. The highest BCUT2D eigenvalue weighted by molar-refractivity contribution is 5.98. The van der Waals surface area contributed by atoms with Crippen molar-refractivity contribution in [2.24, 2.45) is 5.10 Å². The molecule has 0 radical (unpaired) electrons. The molecule has 0 saturated carbocycles. The van der Waals surface area contributed by atoms with Crippen molar-refractivity contribution in [3.63, 3.8) is 0 Å². The molecule has 1 unspecified atom stereocenters. The number of rotatable bonds is 4. The number of benzene rings is 1. The summed E-state index contributed by atoms with van der Waals surface area (Å²) >= 11 is 0. The quantitative estimate of drug-likeness (QED) is 0.856. The van der Waals surface area contributed by atoms with Crippen molar-refractivity contribution < 1.29 is 9.90 Å². The minimum absolute atomic E-state index is 0.116. The third kappa shape index (κ3) is 2.96. The van der Waals surface area contributed by atoms with Crippen molar-refractivity contribution in [2.45, 2.75) is 19.9 Å². The van der Waals surface area contributed by atoms with Gasteiger partial charge >= 0.3 is 5.97 Å². The van der Waals surface area contributed by atoms with Gasteiger partial charge in [0.2, 0.25) is 0 Å². The number of hydrogen-bond donors (Lipinski definition) is 1. The van der Waals surface area contributed by atoms with Gasteiger partial charge in [-0.3, -0.25) is 5.01 Å². The molecule has 1 N–H and O–H groups in total. The maximum absolute atomic E-state index is 11.2. The molecule has 1 aromatic carbocycles. The summed E-state index contributed by atoms with van der Waals surface area (Å²) in [7, 11) is 0. The fourth-order valence-corrected chi connectivity index (χ4v) is 2.18. The minimum Gasteiger partial charge on any atom is -0.478 e. The van der Waals surface area contributed by atoms with Crippen molar-refractivity contribution in [2.75, 3.05) is 6.54 Å². The summed E-state index contributed by atoms with van der Waals surface area (Å²) in [6.07, 6.45) is 4.98. The van der Waals surface area contributed by atoms with Gasteiger partial charge in [-0.2, -0.15) is 5.10 Å². The van der Waals surface area contributed by atoms with E-state index in [4.69, 9.17) is 0 Å². The molecular formula is C16H18N2O2. The first kappa shape index (κ1) is 14.1. The van der Waals surface area contributed by atoms with Crippen molar-refractivity contribution in [3.05, 3.63) is 59.2 Å². The lowest BCUT2D eigenvalue weighted by atomic mass is 10.1. The Bertz CT molecular complexity index is 573. The van der Waals surface area contributed by atoms with Gasteiger partial charge in [-0.05, 0) is 19.4 Å². The van der Waals surface area contributed by atoms with E-state index in [0.717, 1.165) is 11.1 Å². The molecule has 20 heavy (non-hydrogen) atoms. The second kappa shape index (κ2) is 6.19. The van der Waals surface area contributed by atoms with Gasteiger partial charge in [0.15, 0.2) is 0 Å². The highest BCUT2D eigenvalue weighted by Gasteiger charge is 2.22. The zero-order chi connectivity index (χ0) is 14.5. The molecule has 0 spiro atoms. The van der Waals surface area contributed by atoms with Crippen LogP contribution in [0, 0.1) is 0 Å². The SMILES string of the molecule is C/C=C\C(C(=O)O)=C1\C=NN(C(C)c2ccccc2)C1. The molecule has 1 heterocycles. The van der Waals surface area contributed by atoms with Crippen molar-refractivity contribution >= 4 is 12.2 Å². The van der Waals surface area contributed by atoms with Crippen LogP contribution in [-0.2, 0) is 4.79 Å². The average molecular weight is 270 g/mol. The highest BCUT2D eigenvalue weighted by atomic mass is 16.4. The van der Waals surface area contributed by atoms with E-state index >= 15 is 0 Å². The molecule has 2 rings (SSSR count). The zero-order valence-electron chi connectivity index (χ0n) is 11.7. The van der Waals surface area contributed by atoms with Gasteiger partial charge in [0.05, 0.1) is 24.4 Å². The molecule has 0 aliphatic carbocycles. The van der Waals surface area contributed by atoms with Crippen molar-refractivity contribution in [1.82, 2.24) is 5.01 Å². The Balaban J connectivity index is 2.19. The van der Waals surface area contributed by atoms with E-state index in [1.807, 2.05) is 35.3 Å². The van der Waals surface area contributed by atoms with Gasteiger partial charge in [0.25, 0.3) is 0 Å². The topological polar surface area (TPSA) is 52.9 Å². The fraction of sp³-hybridized carbons (Fsp3) is 0.250. The van der Waals surface area contributed by atoms with Gasteiger partial charge in [-0.15, -0.1) is 0 Å². The maximum Gasteiger partial charge on any atom is 0.336 e. The van der Waals surface area contributed by atoms with Crippen LogP contribution >= 0.6 is 0 Å². The van der Waals surface area contributed by atoms with Crippen LogP contribution < -0.4 is 0 Å². The van der Waals surface area contributed by atoms with E-state index in [2.05, 4.69) is 12.0 Å². The number of allylic oxidation sites excluding steroid dienone is 1. The Labute approximate surface area is 118 Å².